The van der Waals surface area contributed by atoms with E-state index < -0.39 is 24.3 Å². The summed E-state index contributed by atoms with van der Waals surface area (Å²) >= 11 is 0. The molecule has 0 aromatic heterocycles. The highest BCUT2D eigenvalue weighted by atomic mass is 19.4. The Morgan fingerprint density at radius 2 is 2.05 bits per heavy atom. The molecule has 0 heterocycles. The third-order valence-corrected chi connectivity index (χ3v) is 2.48. The van der Waals surface area contributed by atoms with Gasteiger partial charge in [0.25, 0.3) is 0 Å². The Labute approximate surface area is 113 Å². The smallest absolute Gasteiger partial charge is 0.390 e. The Morgan fingerprint density at radius 3 is 2.65 bits per heavy atom. The van der Waals surface area contributed by atoms with E-state index in [2.05, 4.69) is 5.32 Å². The van der Waals surface area contributed by atoms with Gasteiger partial charge in [-0.15, -0.1) is 0 Å². The van der Waals surface area contributed by atoms with E-state index in [1.165, 1.54) is 18.0 Å². The van der Waals surface area contributed by atoms with Crippen molar-refractivity contribution in [3.8, 4) is 0 Å². The zero-order chi connectivity index (χ0) is 15.3. The van der Waals surface area contributed by atoms with Gasteiger partial charge in [-0.3, -0.25) is 9.69 Å². The summed E-state index contributed by atoms with van der Waals surface area (Å²) in [5, 5.41) is 2.35. The van der Waals surface area contributed by atoms with Crippen molar-refractivity contribution in [2.75, 3.05) is 31.2 Å². The maximum atomic E-state index is 13.0. The average molecular weight is 293 g/mol. The molecule has 0 radical (unpaired) electrons. The molecule has 0 bridgehead atoms. The number of hydrogen-bond donors (Lipinski definition) is 2. The summed E-state index contributed by atoms with van der Waals surface area (Å²) < 4.78 is 49.0. The molecule has 0 aliphatic heterocycles. The minimum Gasteiger partial charge on any atom is -0.397 e. The summed E-state index contributed by atoms with van der Waals surface area (Å²) in [7, 11) is 1.39. The Morgan fingerprint density at radius 1 is 1.40 bits per heavy atom. The van der Waals surface area contributed by atoms with Crippen LogP contribution < -0.4 is 11.1 Å². The Kier molecular flexibility index (Phi) is 5.32. The lowest BCUT2D eigenvalue weighted by molar-refractivity contribution is -0.138. The van der Waals surface area contributed by atoms with E-state index >= 15 is 0 Å². The summed E-state index contributed by atoms with van der Waals surface area (Å²) in [4.78, 5) is 12.8. The van der Waals surface area contributed by atoms with Crippen molar-refractivity contribution >= 4 is 17.3 Å². The number of alkyl halides is 3. The van der Waals surface area contributed by atoms with Crippen LogP contribution in [0.2, 0.25) is 0 Å². The largest absolute Gasteiger partial charge is 0.397 e. The van der Waals surface area contributed by atoms with Crippen LogP contribution in [0, 0.1) is 5.82 Å². The zero-order valence-electron chi connectivity index (χ0n) is 10.8. The molecule has 1 aromatic rings. The third kappa shape index (κ3) is 5.87. The number of hydrogen-bond acceptors (Lipinski definition) is 3. The van der Waals surface area contributed by atoms with Crippen LogP contribution in [-0.2, 0) is 4.79 Å². The summed E-state index contributed by atoms with van der Waals surface area (Å²) in [6.45, 7) is -0.540. The number of nitrogen functional groups attached to an aromatic ring is 1. The quantitative estimate of drug-likeness (QED) is 0.646. The first-order valence-electron chi connectivity index (χ1n) is 5.77. The normalized spacial score (nSPS) is 11.7. The molecule has 20 heavy (non-hydrogen) atoms. The van der Waals surface area contributed by atoms with Gasteiger partial charge in [0, 0.05) is 6.54 Å². The summed E-state index contributed by atoms with van der Waals surface area (Å²) in [6.07, 6.45) is -5.27. The third-order valence-electron chi connectivity index (χ3n) is 2.48. The Bertz CT molecular complexity index is 476. The minimum atomic E-state index is -4.27. The number of nitrogens with two attached hydrogens (primary N) is 1. The van der Waals surface area contributed by atoms with Crippen LogP contribution in [0.4, 0.5) is 28.9 Å². The van der Waals surface area contributed by atoms with Gasteiger partial charge in [0.15, 0.2) is 0 Å². The number of anilines is 2. The summed E-state index contributed by atoms with van der Waals surface area (Å²) in [6, 6.07) is 3.47. The first-order valence-corrected chi connectivity index (χ1v) is 5.77. The predicted octanol–water partition coefficient (Wildman–Crippen LogP) is 2.23. The molecule has 0 aliphatic carbocycles. The number of likely N-dealkylation sites (N-methyl/N-ethyl adjacent to an activating group) is 1. The molecule has 0 saturated carbocycles. The molecule has 8 heteroatoms. The fraction of sp³-hybridized carbons (Fsp3) is 0.417. The molecule has 0 aliphatic rings. The van der Waals surface area contributed by atoms with Crippen molar-refractivity contribution in [1.29, 1.82) is 0 Å². The van der Waals surface area contributed by atoms with Crippen molar-refractivity contribution in [2.24, 2.45) is 0 Å². The van der Waals surface area contributed by atoms with E-state index in [1.807, 2.05) is 0 Å². The van der Waals surface area contributed by atoms with E-state index in [9.17, 15) is 22.4 Å². The van der Waals surface area contributed by atoms with Gasteiger partial charge in [0.1, 0.15) is 5.82 Å². The SMILES string of the molecule is CN(CCC(F)(F)F)CC(=O)Nc1cc(F)ccc1N. The highest BCUT2D eigenvalue weighted by Crippen LogP contribution is 2.20. The molecule has 0 atom stereocenters. The lowest BCUT2D eigenvalue weighted by atomic mass is 10.2. The number of carbonyl (C=O) groups excluding carboxylic acids is 1. The van der Waals surface area contributed by atoms with E-state index in [-0.39, 0.29) is 24.5 Å². The van der Waals surface area contributed by atoms with Gasteiger partial charge in [-0.25, -0.2) is 4.39 Å². The molecule has 112 valence electrons. The topological polar surface area (TPSA) is 58.4 Å². The second-order valence-electron chi connectivity index (χ2n) is 4.38. The van der Waals surface area contributed by atoms with Crippen molar-refractivity contribution in [3.05, 3.63) is 24.0 Å². The zero-order valence-corrected chi connectivity index (χ0v) is 10.8. The summed E-state index contributed by atoms with van der Waals surface area (Å²) in [5.74, 6) is -1.13. The minimum absolute atomic E-state index is 0.0965. The van der Waals surface area contributed by atoms with Crippen molar-refractivity contribution < 1.29 is 22.4 Å². The second-order valence-corrected chi connectivity index (χ2v) is 4.38. The summed E-state index contributed by atoms with van der Waals surface area (Å²) in [5.41, 5.74) is 5.82. The fourth-order valence-corrected chi connectivity index (χ4v) is 1.47. The van der Waals surface area contributed by atoms with Gasteiger partial charge in [0.2, 0.25) is 5.91 Å². The highest BCUT2D eigenvalue weighted by molar-refractivity contribution is 5.95. The fourth-order valence-electron chi connectivity index (χ4n) is 1.47. The second kappa shape index (κ2) is 6.56. The number of halogens is 4. The predicted molar refractivity (Wildman–Crippen MR) is 67.6 cm³/mol. The van der Waals surface area contributed by atoms with E-state index in [1.54, 1.807) is 0 Å². The molecular formula is C12H15F4N3O. The van der Waals surface area contributed by atoms with Crippen molar-refractivity contribution in [2.45, 2.75) is 12.6 Å². The number of amides is 1. The van der Waals surface area contributed by atoms with Crippen LogP contribution in [0.3, 0.4) is 0 Å². The molecule has 0 fully saturated rings. The Hall–Kier alpha value is -1.83. The molecule has 0 unspecified atom stereocenters. The van der Waals surface area contributed by atoms with Crippen LogP contribution in [0.1, 0.15) is 6.42 Å². The Balaban J connectivity index is 2.49. The highest BCUT2D eigenvalue weighted by Gasteiger charge is 2.27. The number of rotatable bonds is 5. The lowest BCUT2D eigenvalue weighted by Crippen LogP contribution is -2.32. The van der Waals surface area contributed by atoms with Gasteiger partial charge in [0.05, 0.1) is 24.3 Å². The number of carbonyl (C=O) groups is 1. The number of nitrogens with zero attached hydrogens (tertiary/aromatic N) is 1. The molecule has 0 spiro atoms. The molecule has 1 rings (SSSR count). The molecule has 4 nitrogen and oxygen atoms in total. The van der Waals surface area contributed by atoms with Gasteiger partial charge in [-0.1, -0.05) is 0 Å². The number of nitrogens with one attached hydrogen (secondary N) is 1. The first kappa shape index (κ1) is 16.2. The molecule has 1 aromatic carbocycles. The van der Waals surface area contributed by atoms with Gasteiger partial charge in [-0.05, 0) is 25.2 Å². The number of benzene rings is 1. The average Bonchev–Trinajstić information content (AvgIpc) is 2.30. The van der Waals surface area contributed by atoms with Gasteiger partial charge < -0.3 is 11.1 Å². The maximum absolute atomic E-state index is 13.0. The maximum Gasteiger partial charge on any atom is 0.390 e. The van der Waals surface area contributed by atoms with E-state index in [0.29, 0.717) is 0 Å². The standard InChI is InChI=1S/C12H15F4N3O/c1-19(5-4-12(14,15)16)7-11(20)18-10-6-8(13)2-3-9(10)17/h2-3,6H,4-5,7,17H2,1H3,(H,18,20). The lowest BCUT2D eigenvalue weighted by Gasteiger charge is -2.17. The van der Waals surface area contributed by atoms with Crippen LogP contribution in [0.15, 0.2) is 18.2 Å². The van der Waals surface area contributed by atoms with Crippen molar-refractivity contribution in [3.63, 3.8) is 0 Å². The molecular weight excluding hydrogens is 278 g/mol. The van der Waals surface area contributed by atoms with Gasteiger partial charge >= 0.3 is 6.18 Å². The van der Waals surface area contributed by atoms with E-state index in [4.69, 9.17) is 5.73 Å². The van der Waals surface area contributed by atoms with Gasteiger partial charge in [-0.2, -0.15) is 13.2 Å². The monoisotopic (exact) mass is 293 g/mol. The van der Waals surface area contributed by atoms with Crippen LogP contribution >= 0.6 is 0 Å². The molecule has 1 amide bonds. The first-order chi connectivity index (χ1) is 9.17. The molecule has 3 N–H and O–H groups in total. The van der Waals surface area contributed by atoms with Crippen LogP contribution in [-0.4, -0.2) is 37.1 Å². The van der Waals surface area contributed by atoms with Crippen LogP contribution in [0.25, 0.3) is 0 Å². The van der Waals surface area contributed by atoms with Crippen LogP contribution in [0.5, 0.6) is 0 Å². The van der Waals surface area contributed by atoms with Crippen molar-refractivity contribution in [1.82, 2.24) is 4.90 Å². The van der Waals surface area contributed by atoms with E-state index in [0.717, 1.165) is 12.1 Å². The molecule has 0 saturated heterocycles.